The van der Waals surface area contributed by atoms with Crippen LogP contribution in [0.3, 0.4) is 0 Å². The van der Waals surface area contributed by atoms with Crippen molar-refractivity contribution in [1.29, 1.82) is 21.2 Å². The molecule has 0 aromatic rings. The third kappa shape index (κ3) is 9.08. The Bertz CT molecular complexity index is 779. The van der Waals surface area contributed by atoms with Crippen molar-refractivity contribution < 1.29 is 5.71 Å². The summed E-state index contributed by atoms with van der Waals surface area (Å²) in [5.41, 5.74) is 12.7. The summed E-state index contributed by atoms with van der Waals surface area (Å²) in [6.07, 6.45) is 3.52. The molecule has 0 aromatic heterocycles. The second-order valence-electron chi connectivity index (χ2n) is 12.4. The first-order chi connectivity index (χ1) is 15.0. The first-order valence-corrected chi connectivity index (χ1v) is 12.2. The molecule has 0 amide bonds. The second-order valence-corrected chi connectivity index (χ2v) is 12.4. The van der Waals surface area contributed by atoms with Crippen molar-refractivity contribution in [3.63, 3.8) is 0 Å². The largest absolute Gasteiger partial charge is 0.330 e. The quantitative estimate of drug-likeness (QED) is 0.427. The summed E-state index contributed by atoms with van der Waals surface area (Å²) >= 11 is 0. The van der Waals surface area contributed by atoms with Crippen LogP contribution < -0.4 is 11.5 Å². The molecule has 0 radical (unpaired) electrons. The fourth-order valence-electron chi connectivity index (χ4n) is 5.64. The van der Waals surface area contributed by atoms with Gasteiger partial charge in [-0.2, -0.15) is 15.8 Å². The smallest absolute Gasteiger partial charge is 0.0892 e. The summed E-state index contributed by atoms with van der Waals surface area (Å²) in [7, 11) is 0. The predicted octanol–water partition coefficient (Wildman–Crippen LogP) is 6.63. The maximum absolute atomic E-state index is 8.80. The molecule has 2 fully saturated rings. The molecule has 194 valence electrons. The van der Waals surface area contributed by atoms with Crippen molar-refractivity contribution in [3.8, 4) is 18.2 Å². The van der Waals surface area contributed by atoms with E-state index in [1.165, 1.54) is 6.42 Å². The molecule has 6 nitrogen and oxygen atoms in total. The van der Waals surface area contributed by atoms with Crippen LogP contribution in [0.1, 0.15) is 93.7 Å². The molecule has 6 atom stereocenters. The summed E-state index contributed by atoms with van der Waals surface area (Å²) in [4.78, 5) is 0. The minimum atomic E-state index is -0.155. The molecule has 0 saturated heterocycles. The first-order valence-electron chi connectivity index (χ1n) is 12.2. The van der Waals surface area contributed by atoms with Crippen LogP contribution in [-0.4, -0.2) is 18.3 Å². The van der Waals surface area contributed by atoms with Gasteiger partial charge in [-0.3, -0.25) is 0 Å². The van der Waals surface area contributed by atoms with Gasteiger partial charge in [0.1, 0.15) is 0 Å². The summed E-state index contributed by atoms with van der Waals surface area (Å²) in [6.45, 7) is 19.6. The second kappa shape index (κ2) is 12.5. The molecule has 6 heteroatoms. The van der Waals surface area contributed by atoms with Crippen LogP contribution in [0.25, 0.3) is 0 Å². The minimum absolute atomic E-state index is 0. The van der Waals surface area contributed by atoms with Gasteiger partial charge < -0.3 is 16.9 Å². The molecule has 0 aromatic carbocycles. The molecule has 0 heterocycles. The summed E-state index contributed by atoms with van der Waals surface area (Å²) in [5.74, 6) is 1.35. The van der Waals surface area contributed by atoms with Gasteiger partial charge in [0.15, 0.2) is 0 Å². The van der Waals surface area contributed by atoms with Crippen LogP contribution in [-0.2, 0) is 0 Å². The number of hydrogen-bond donors (Lipinski definition) is 3. The molecule has 2 rings (SSSR count). The van der Waals surface area contributed by atoms with Crippen molar-refractivity contribution in [1.82, 2.24) is 0 Å². The third-order valence-corrected chi connectivity index (χ3v) is 7.45. The fraction of sp³-hybridized carbons (Fsp3) is 0.852. The van der Waals surface area contributed by atoms with Crippen molar-refractivity contribution in [2.24, 2.45) is 57.3 Å². The van der Waals surface area contributed by atoms with Crippen LogP contribution in [0.4, 0.5) is 0 Å². The van der Waals surface area contributed by atoms with Crippen LogP contribution >= 0.6 is 0 Å². The lowest BCUT2D eigenvalue weighted by molar-refractivity contribution is 0.253. The molecule has 2 aliphatic rings. The lowest BCUT2D eigenvalue weighted by Crippen LogP contribution is -2.38. The zero-order chi connectivity index (χ0) is 26.2. The Morgan fingerprint density at radius 1 is 1.12 bits per heavy atom. The van der Waals surface area contributed by atoms with Gasteiger partial charge in [0.2, 0.25) is 0 Å². The zero-order valence-electron chi connectivity index (χ0n) is 22.5. The molecule has 0 bridgehead atoms. The van der Waals surface area contributed by atoms with E-state index in [9.17, 15) is 0 Å². The first kappa shape index (κ1) is 31.1. The highest BCUT2D eigenvalue weighted by molar-refractivity contribution is 5.90. The molecule has 0 spiro atoms. The van der Waals surface area contributed by atoms with Gasteiger partial charge >= 0.3 is 0 Å². The van der Waals surface area contributed by atoms with E-state index in [4.69, 9.17) is 32.7 Å². The SMILES string of the molecule is CC(C#N)CC(C)(C)CC#N.CC1CC(C)(C)C(C#N)C1=N.CC1CC(C)(C)C(CN)C1N.[HH].[HH].[HH].[HH]. The number of nitrogens with two attached hydrogens (primary N) is 2. The van der Waals surface area contributed by atoms with Crippen molar-refractivity contribution in [2.45, 2.75) is 94.0 Å². The molecular formula is C27H56N6. The van der Waals surface area contributed by atoms with Gasteiger partial charge in [-0.1, -0.05) is 55.4 Å². The fourth-order valence-corrected chi connectivity index (χ4v) is 5.64. The summed E-state index contributed by atoms with van der Waals surface area (Å²) in [6, 6.07) is 6.82. The summed E-state index contributed by atoms with van der Waals surface area (Å²) < 4.78 is 0. The molecular weight excluding hydrogens is 408 g/mol. The van der Waals surface area contributed by atoms with E-state index in [0.29, 0.717) is 41.3 Å². The average Bonchev–Trinajstić information content (AvgIpc) is 3.00. The van der Waals surface area contributed by atoms with Crippen LogP contribution in [0.5, 0.6) is 0 Å². The summed E-state index contributed by atoms with van der Waals surface area (Å²) in [5, 5.41) is 33.4. The topological polar surface area (TPSA) is 147 Å². The molecule has 33 heavy (non-hydrogen) atoms. The van der Waals surface area contributed by atoms with Crippen molar-refractivity contribution in [3.05, 3.63) is 0 Å². The monoisotopic (exact) mass is 464 g/mol. The Hall–Kier alpha value is -1.94. The van der Waals surface area contributed by atoms with E-state index < -0.39 is 0 Å². The van der Waals surface area contributed by atoms with E-state index in [0.717, 1.165) is 19.4 Å². The lowest BCUT2D eigenvalue weighted by Gasteiger charge is -2.27. The van der Waals surface area contributed by atoms with Crippen molar-refractivity contribution >= 4 is 5.71 Å². The third-order valence-electron chi connectivity index (χ3n) is 7.45. The Kier molecular flexibility index (Phi) is 11.8. The highest BCUT2D eigenvalue weighted by Gasteiger charge is 2.44. The predicted molar refractivity (Wildman–Crippen MR) is 144 cm³/mol. The normalized spacial score (nSPS) is 30.4. The Morgan fingerprint density at radius 2 is 1.67 bits per heavy atom. The van der Waals surface area contributed by atoms with Gasteiger partial charge in [0, 0.05) is 29.8 Å². The number of nitrogens with one attached hydrogen (secondary N) is 1. The van der Waals surface area contributed by atoms with Gasteiger partial charge in [-0.25, -0.2) is 0 Å². The van der Waals surface area contributed by atoms with E-state index in [1.807, 2.05) is 27.7 Å². The van der Waals surface area contributed by atoms with E-state index in [2.05, 4.69) is 52.8 Å². The Balaban J connectivity index is -0.000000131. The van der Waals surface area contributed by atoms with Crippen LogP contribution in [0.15, 0.2) is 0 Å². The standard InChI is InChI=1S/C9H20N2.2C9H14N2.4H2/c2*1-6-4-9(2,3)7(5-10)8(6)11;1-8(7-11)6-9(2,3)4-5-10;;;;/h6-8H,4-5,10-11H2,1-3H3;6-7,11H,4H2,1-3H3;8H,4,6H2,1-3H3;4*1H. The molecule has 2 aliphatic carbocycles. The van der Waals surface area contributed by atoms with Gasteiger partial charge in [-0.15, -0.1) is 0 Å². The highest BCUT2D eigenvalue weighted by atomic mass is 14.8. The maximum atomic E-state index is 8.80. The van der Waals surface area contributed by atoms with Crippen molar-refractivity contribution in [2.75, 3.05) is 6.54 Å². The van der Waals surface area contributed by atoms with Gasteiger partial charge in [0.25, 0.3) is 0 Å². The van der Waals surface area contributed by atoms with E-state index in [1.54, 1.807) is 0 Å². The zero-order valence-corrected chi connectivity index (χ0v) is 22.5. The number of rotatable bonds is 4. The Labute approximate surface area is 209 Å². The number of nitrogens with zero attached hydrogens (tertiary/aromatic N) is 3. The molecule has 2 saturated carbocycles. The van der Waals surface area contributed by atoms with Crippen LogP contribution in [0.2, 0.25) is 0 Å². The molecule has 5 N–H and O–H groups in total. The lowest BCUT2D eigenvalue weighted by atomic mass is 9.81. The molecule has 6 unspecified atom stereocenters. The van der Waals surface area contributed by atoms with E-state index in [-0.39, 0.29) is 28.4 Å². The van der Waals surface area contributed by atoms with Gasteiger partial charge in [-0.05, 0) is 66.7 Å². The van der Waals surface area contributed by atoms with Gasteiger partial charge in [0.05, 0.1) is 24.1 Å². The number of nitriles is 3. The highest BCUT2D eigenvalue weighted by Crippen LogP contribution is 2.44. The number of hydrogen-bond acceptors (Lipinski definition) is 6. The Morgan fingerprint density at radius 3 is 1.91 bits per heavy atom. The average molecular weight is 465 g/mol. The van der Waals surface area contributed by atoms with Crippen LogP contribution in [0, 0.1) is 85.2 Å². The van der Waals surface area contributed by atoms with E-state index >= 15 is 0 Å². The maximum Gasteiger partial charge on any atom is 0.0892 e. The molecule has 0 aliphatic heterocycles. The minimum Gasteiger partial charge on any atom is -0.330 e.